The van der Waals surface area contributed by atoms with Crippen molar-refractivity contribution in [2.75, 3.05) is 0 Å². The van der Waals surface area contributed by atoms with Crippen molar-refractivity contribution in [3.63, 3.8) is 0 Å². The summed E-state index contributed by atoms with van der Waals surface area (Å²) in [5, 5.41) is 3.65. The number of fused-ring (bicyclic) bond motifs is 4. The number of amidine groups is 1. The first-order valence-electron chi connectivity index (χ1n) is 23.0. The van der Waals surface area contributed by atoms with Gasteiger partial charge in [0.2, 0.25) is 0 Å². The number of aromatic nitrogens is 2. The largest absolute Gasteiger partial charge is 0.264 e. The summed E-state index contributed by atoms with van der Waals surface area (Å²) in [4.78, 5) is 20.3. The topological polar surface area (TPSA) is 50.5 Å². The van der Waals surface area contributed by atoms with E-state index in [9.17, 15) is 0 Å². The third kappa shape index (κ3) is 7.84. The van der Waals surface area contributed by atoms with Gasteiger partial charge in [-0.05, 0) is 98.5 Å². The molecule has 0 radical (unpaired) electrons. The Morgan fingerprint density at radius 1 is 0.448 bits per heavy atom. The lowest BCUT2D eigenvalue weighted by Crippen LogP contribution is -2.28. The molecule has 12 rings (SSSR count). The van der Waals surface area contributed by atoms with Crippen LogP contribution >= 0.6 is 11.3 Å². The number of benzene rings is 8. The van der Waals surface area contributed by atoms with E-state index in [4.69, 9.17) is 15.0 Å². The van der Waals surface area contributed by atoms with E-state index in [1.54, 1.807) is 6.20 Å². The Balaban J connectivity index is 0.866. The summed E-state index contributed by atoms with van der Waals surface area (Å²) in [6.07, 6.45) is 4.60. The Kier molecular flexibility index (Phi) is 10.5. The van der Waals surface area contributed by atoms with Crippen LogP contribution in [0.25, 0.3) is 86.8 Å². The van der Waals surface area contributed by atoms with Crippen LogP contribution in [-0.4, -0.2) is 21.5 Å². The third-order valence-electron chi connectivity index (χ3n) is 13.2. The van der Waals surface area contributed by atoms with Crippen LogP contribution in [0.3, 0.4) is 0 Å². The Hall–Kier alpha value is -8.12. The molecule has 8 aromatic carbocycles. The van der Waals surface area contributed by atoms with Crippen LogP contribution in [0.4, 0.5) is 0 Å². The van der Waals surface area contributed by atoms with Gasteiger partial charge in [0.15, 0.2) is 5.84 Å². The minimum Gasteiger partial charge on any atom is -0.264 e. The lowest BCUT2D eigenvalue weighted by molar-refractivity contribution is 0.532. The van der Waals surface area contributed by atoms with Gasteiger partial charge in [0.1, 0.15) is 0 Å². The van der Waals surface area contributed by atoms with Crippen molar-refractivity contribution < 1.29 is 0 Å². The molecule has 0 spiro atoms. The fourth-order valence-electron chi connectivity index (χ4n) is 9.63. The third-order valence-corrected chi connectivity index (χ3v) is 14.4. The van der Waals surface area contributed by atoms with Crippen LogP contribution in [0.1, 0.15) is 36.1 Å². The Morgan fingerprint density at radius 3 is 1.64 bits per heavy atom. The van der Waals surface area contributed by atoms with Crippen LogP contribution in [0.5, 0.6) is 0 Å². The summed E-state index contributed by atoms with van der Waals surface area (Å²) in [7, 11) is 0. The molecule has 67 heavy (non-hydrogen) atoms. The average Bonchev–Trinajstić information content (AvgIpc) is 3.78. The van der Waals surface area contributed by atoms with Crippen molar-refractivity contribution in [2.45, 2.75) is 19.4 Å². The molecular weight excluding hydrogens is 833 g/mol. The second-order valence-corrected chi connectivity index (χ2v) is 18.4. The molecule has 1 aliphatic heterocycles. The molecule has 0 saturated carbocycles. The quantitative estimate of drug-likeness (QED) is 0.145. The molecule has 1 aliphatic rings. The van der Waals surface area contributed by atoms with Gasteiger partial charge in [-0.2, -0.15) is 0 Å². The van der Waals surface area contributed by atoms with E-state index in [-0.39, 0.29) is 12.0 Å². The molecule has 2 atom stereocenters. The highest BCUT2D eigenvalue weighted by atomic mass is 32.1. The summed E-state index contributed by atoms with van der Waals surface area (Å²) < 4.78 is 2.52. The predicted molar refractivity (Wildman–Crippen MR) is 282 cm³/mol. The summed E-state index contributed by atoms with van der Waals surface area (Å²) >= 11 is 1.85. The van der Waals surface area contributed by atoms with E-state index >= 15 is 0 Å². The van der Waals surface area contributed by atoms with Crippen molar-refractivity contribution in [1.29, 1.82) is 0 Å². The second kappa shape index (κ2) is 17.4. The molecule has 11 aromatic rings. The molecule has 4 heterocycles. The van der Waals surface area contributed by atoms with Crippen molar-refractivity contribution in [3.8, 4) is 55.8 Å². The molecule has 0 amide bonds. The zero-order chi connectivity index (χ0) is 44.7. The molecule has 5 heteroatoms. The van der Waals surface area contributed by atoms with E-state index in [1.807, 2.05) is 23.6 Å². The maximum Gasteiger partial charge on any atom is 0.155 e. The van der Waals surface area contributed by atoms with E-state index < -0.39 is 0 Å². The normalized spacial score (nSPS) is 14.9. The van der Waals surface area contributed by atoms with Gasteiger partial charge < -0.3 is 0 Å². The van der Waals surface area contributed by atoms with Crippen molar-refractivity contribution in [1.82, 2.24) is 9.97 Å². The lowest BCUT2D eigenvalue weighted by atomic mass is 9.82. The van der Waals surface area contributed by atoms with Gasteiger partial charge in [0, 0.05) is 55.0 Å². The standard InChI is InChI=1S/C62H44N4S/c1-2-53-60(46-23-17-42(18-24-46)40-10-5-3-6-11-40)65-62(47-25-19-43(20-26-47)41-12-7-4-8-13-41)66-61(53)51-28-32-55-54-31-27-49(37-58(54)67-59(55)38-51)48-29-33-57-50(36-48)30-34-56(64-57)45-21-15-44(16-22-45)52-14-9-35-63-39-52/h3-39,53,60H,2H2,1H3. The SMILES string of the molecule is CCC1C(c2ccc3c(c2)sc2cc(-c4ccc5nc(-c6ccc(-c7cccnc7)cc6)ccc5c4)ccc23)=NC(c2ccc(-c3ccccc3)cc2)=NC1c1ccc(-c2ccccc2)cc1. The predicted octanol–water partition coefficient (Wildman–Crippen LogP) is 16.3. The van der Waals surface area contributed by atoms with Crippen molar-refractivity contribution in [2.24, 2.45) is 15.9 Å². The van der Waals surface area contributed by atoms with E-state index in [1.165, 1.54) is 59.1 Å². The fourth-order valence-corrected chi connectivity index (χ4v) is 10.8. The van der Waals surface area contributed by atoms with Gasteiger partial charge in [-0.1, -0.05) is 183 Å². The number of aliphatic imine (C=N–C) groups is 2. The molecule has 0 aliphatic carbocycles. The fraction of sp³-hybridized carbons (Fsp3) is 0.0645. The Bertz CT molecular complexity index is 3630. The van der Waals surface area contributed by atoms with Crippen LogP contribution < -0.4 is 0 Å². The minimum atomic E-state index is -0.0834. The maximum absolute atomic E-state index is 5.47. The van der Waals surface area contributed by atoms with Crippen LogP contribution in [0.2, 0.25) is 0 Å². The molecule has 0 saturated heterocycles. The molecule has 4 nitrogen and oxygen atoms in total. The highest BCUT2D eigenvalue weighted by Crippen LogP contribution is 2.41. The van der Waals surface area contributed by atoms with Gasteiger partial charge in [-0.15, -0.1) is 11.3 Å². The first kappa shape index (κ1) is 40.4. The summed E-state index contributed by atoms with van der Waals surface area (Å²) in [6, 6.07) is 76.1. The highest BCUT2D eigenvalue weighted by Gasteiger charge is 2.32. The van der Waals surface area contributed by atoms with E-state index in [0.717, 1.165) is 62.4 Å². The van der Waals surface area contributed by atoms with E-state index in [2.05, 4.69) is 218 Å². The molecule has 0 bridgehead atoms. The summed E-state index contributed by atoms with van der Waals surface area (Å²) in [5.41, 5.74) is 16.9. The van der Waals surface area contributed by atoms with Crippen LogP contribution in [0.15, 0.2) is 235 Å². The van der Waals surface area contributed by atoms with Gasteiger partial charge >= 0.3 is 0 Å². The highest BCUT2D eigenvalue weighted by molar-refractivity contribution is 7.25. The Morgan fingerprint density at radius 2 is 0.985 bits per heavy atom. The first-order chi connectivity index (χ1) is 33.1. The number of thiophene rings is 1. The molecule has 0 N–H and O–H groups in total. The number of rotatable bonds is 9. The zero-order valence-corrected chi connectivity index (χ0v) is 37.7. The van der Waals surface area contributed by atoms with Crippen LogP contribution in [-0.2, 0) is 0 Å². The molecule has 318 valence electrons. The summed E-state index contributed by atoms with van der Waals surface area (Å²) in [6.45, 7) is 2.27. The lowest BCUT2D eigenvalue weighted by Gasteiger charge is -2.30. The monoisotopic (exact) mass is 876 g/mol. The van der Waals surface area contributed by atoms with Gasteiger partial charge in [-0.25, -0.2) is 9.98 Å². The van der Waals surface area contributed by atoms with Crippen LogP contribution in [0, 0.1) is 5.92 Å². The molecule has 2 unspecified atom stereocenters. The minimum absolute atomic E-state index is 0.0834. The van der Waals surface area contributed by atoms with Crippen molar-refractivity contribution >= 4 is 54.0 Å². The van der Waals surface area contributed by atoms with Gasteiger partial charge in [-0.3, -0.25) is 9.98 Å². The number of hydrogen-bond donors (Lipinski definition) is 0. The first-order valence-corrected chi connectivity index (χ1v) is 23.8. The smallest absolute Gasteiger partial charge is 0.155 e. The van der Waals surface area contributed by atoms with Crippen molar-refractivity contribution in [3.05, 3.63) is 241 Å². The Labute approximate surface area is 394 Å². The average molecular weight is 877 g/mol. The number of nitrogens with zero attached hydrogens (tertiary/aromatic N) is 4. The van der Waals surface area contributed by atoms with Gasteiger partial charge in [0.25, 0.3) is 0 Å². The maximum atomic E-state index is 5.47. The number of pyridine rings is 2. The zero-order valence-electron chi connectivity index (χ0n) is 36.9. The molecule has 3 aromatic heterocycles. The number of hydrogen-bond acceptors (Lipinski definition) is 5. The van der Waals surface area contributed by atoms with Gasteiger partial charge in [0.05, 0.1) is 23.0 Å². The summed E-state index contributed by atoms with van der Waals surface area (Å²) in [5.74, 6) is 0.875. The molecule has 0 fully saturated rings. The molecular formula is C62H44N4S. The second-order valence-electron chi connectivity index (χ2n) is 17.3. The van der Waals surface area contributed by atoms with E-state index in [0.29, 0.717) is 0 Å².